The monoisotopic (exact) mass is 359 g/mol. The zero-order chi connectivity index (χ0) is 17.5. The van der Waals surface area contributed by atoms with Crippen LogP contribution in [-0.2, 0) is 22.6 Å². The summed E-state index contributed by atoms with van der Waals surface area (Å²) in [6, 6.07) is 19.8. The summed E-state index contributed by atoms with van der Waals surface area (Å²) in [4.78, 5) is 13.9. The summed E-state index contributed by atoms with van der Waals surface area (Å²) in [6.07, 6.45) is -0.285. The summed E-state index contributed by atoms with van der Waals surface area (Å²) in [7, 11) is 0. The van der Waals surface area contributed by atoms with E-state index < -0.39 is 0 Å². The first-order valence-electron chi connectivity index (χ1n) is 8.43. The van der Waals surface area contributed by atoms with Crippen molar-refractivity contribution in [2.45, 2.75) is 19.2 Å². The van der Waals surface area contributed by atoms with Gasteiger partial charge in [-0.2, -0.15) is 0 Å². The van der Waals surface area contributed by atoms with Crippen LogP contribution in [0.25, 0.3) is 0 Å². The molecule has 0 saturated carbocycles. The Bertz CT molecular complexity index is 665. The van der Waals surface area contributed by atoms with Crippen LogP contribution in [0, 0.1) is 5.92 Å². The fourth-order valence-electron chi connectivity index (χ4n) is 2.98. The first-order valence-corrected chi connectivity index (χ1v) is 8.96. The molecule has 4 nitrogen and oxygen atoms in total. The van der Waals surface area contributed by atoms with Gasteiger partial charge in [0.2, 0.25) is 0 Å². The molecule has 1 fully saturated rings. The molecular formula is C20H22ClNO3. The number of carbonyl (C=O) groups excluding carboxylic acids is 1. The highest BCUT2D eigenvalue weighted by Gasteiger charge is 2.38. The van der Waals surface area contributed by atoms with Crippen molar-refractivity contribution in [3.05, 3.63) is 71.8 Å². The van der Waals surface area contributed by atoms with E-state index in [4.69, 9.17) is 21.1 Å². The molecule has 0 bridgehead atoms. The molecule has 0 spiro atoms. The SMILES string of the molecule is O=C1OC[C@H]([C@@H](CCl)COCc2ccccc2)N1Cc1ccccc1. The van der Waals surface area contributed by atoms with Crippen LogP contribution in [0.5, 0.6) is 0 Å². The van der Waals surface area contributed by atoms with E-state index in [1.165, 1.54) is 0 Å². The lowest BCUT2D eigenvalue weighted by Crippen LogP contribution is -2.41. The van der Waals surface area contributed by atoms with Crippen LogP contribution >= 0.6 is 11.6 Å². The predicted octanol–water partition coefficient (Wildman–Crippen LogP) is 4.08. The summed E-state index contributed by atoms with van der Waals surface area (Å²) in [6.45, 7) is 1.91. The lowest BCUT2D eigenvalue weighted by atomic mass is 10.0. The Morgan fingerprint density at radius 2 is 1.72 bits per heavy atom. The number of benzene rings is 2. The van der Waals surface area contributed by atoms with E-state index in [2.05, 4.69) is 0 Å². The fraction of sp³-hybridized carbons (Fsp3) is 0.350. The molecule has 0 radical (unpaired) electrons. The van der Waals surface area contributed by atoms with Crippen LogP contribution in [0.2, 0.25) is 0 Å². The third-order valence-corrected chi connectivity index (χ3v) is 4.79. The molecule has 1 saturated heterocycles. The maximum atomic E-state index is 12.1. The zero-order valence-corrected chi connectivity index (χ0v) is 14.8. The topological polar surface area (TPSA) is 38.8 Å². The first-order chi connectivity index (χ1) is 12.3. The van der Waals surface area contributed by atoms with Gasteiger partial charge in [-0.3, -0.25) is 4.90 Å². The summed E-state index contributed by atoms with van der Waals surface area (Å²) in [5.74, 6) is 0.446. The molecule has 2 atom stereocenters. The van der Waals surface area contributed by atoms with E-state index in [1.807, 2.05) is 60.7 Å². The van der Waals surface area contributed by atoms with Crippen molar-refractivity contribution in [1.29, 1.82) is 0 Å². The van der Waals surface area contributed by atoms with E-state index >= 15 is 0 Å². The van der Waals surface area contributed by atoms with Gasteiger partial charge >= 0.3 is 6.09 Å². The lowest BCUT2D eigenvalue weighted by molar-refractivity contribution is 0.0655. The lowest BCUT2D eigenvalue weighted by Gasteiger charge is -2.27. The molecule has 1 aliphatic rings. The minimum absolute atomic E-state index is 0.0283. The highest BCUT2D eigenvalue weighted by molar-refractivity contribution is 6.18. The van der Waals surface area contributed by atoms with Gasteiger partial charge in [0.25, 0.3) is 0 Å². The Morgan fingerprint density at radius 1 is 1.08 bits per heavy atom. The molecule has 0 aromatic heterocycles. The highest BCUT2D eigenvalue weighted by atomic mass is 35.5. The van der Waals surface area contributed by atoms with E-state index in [0.29, 0.717) is 32.2 Å². The third-order valence-electron chi connectivity index (χ3n) is 4.39. The van der Waals surface area contributed by atoms with Crippen molar-refractivity contribution in [3.63, 3.8) is 0 Å². The first kappa shape index (κ1) is 17.8. The molecule has 1 heterocycles. The quantitative estimate of drug-likeness (QED) is 0.667. The van der Waals surface area contributed by atoms with Gasteiger partial charge in [-0.05, 0) is 11.1 Å². The number of rotatable bonds is 8. The maximum absolute atomic E-state index is 12.1. The minimum atomic E-state index is -0.285. The molecule has 0 unspecified atom stereocenters. The molecule has 3 rings (SSSR count). The van der Waals surface area contributed by atoms with Gasteiger partial charge in [-0.15, -0.1) is 11.6 Å². The maximum Gasteiger partial charge on any atom is 0.410 e. The molecule has 132 valence electrons. The Kier molecular flexibility index (Phi) is 6.31. The van der Waals surface area contributed by atoms with Crippen molar-refractivity contribution in [2.75, 3.05) is 19.1 Å². The molecule has 1 aliphatic heterocycles. The zero-order valence-electron chi connectivity index (χ0n) is 14.0. The molecule has 1 amide bonds. The number of hydrogen-bond donors (Lipinski definition) is 0. The van der Waals surface area contributed by atoms with Crippen molar-refractivity contribution in [2.24, 2.45) is 5.92 Å². The Balaban J connectivity index is 1.59. The molecule has 25 heavy (non-hydrogen) atoms. The van der Waals surface area contributed by atoms with Crippen molar-refractivity contribution in [1.82, 2.24) is 4.90 Å². The summed E-state index contributed by atoms with van der Waals surface area (Å²) < 4.78 is 11.1. The van der Waals surface area contributed by atoms with Gasteiger partial charge in [0.05, 0.1) is 19.3 Å². The van der Waals surface area contributed by atoms with Crippen LogP contribution in [0.3, 0.4) is 0 Å². The van der Waals surface area contributed by atoms with Gasteiger partial charge in [-0.25, -0.2) is 4.79 Å². The third kappa shape index (κ3) is 4.74. The number of amides is 1. The Labute approximate surface area is 153 Å². The van der Waals surface area contributed by atoms with Gasteiger partial charge in [0.1, 0.15) is 6.61 Å². The number of alkyl halides is 1. The average Bonchev–Trinajstić information content (AvgIpc) is 3.01. The second-order valence-corrected chi connectivity index (χ2v) is 6.48. The molecule has 0 N–H and O–H groups in total. The smallest absolute Gasteiger partial charge is 0.410 e. The summed E-state index contributed by atoms with van der Waals surface area (Å²) >= 11 is 6.17. The molecular weight excluding hydrogens is 338 g/mol. The second kappa shape index (κ2) is 8.88. The van der Waals surface area contributed by atoms with Crippen LogP contribution < -0.4 is 0 Å². The van der Waals surface area contributed by atoms with Gasteiger partial charge in [-0.1, -0.05) is 60.7 Å². The highest BCUT2D eigenvalue weighted by Crippen LogP contribution is 2.24. The Hall–Kier alpha value is -2.04. The number of carbonyl (C=O) groups is 1. The van der Waals surface area contributed by atoms with E-state index in [-0.39, 0.29) is 18.1 Å². The van der Waals surface area contributed by atoms with Gasteiger partial charge in [0, 0.05) is 18.3 Å². The fourth-order valence-corrected chi connectivity index (χ4v) is 3.27. The predicted molar refractivity (Wildman–Crippen MR) is 97.4 cm³/mol. The van der Waals surface area contributed by atoms with Crippen molar-refractivity contribution >= 4 is 17.7 Å². The van der Waals surface area contributed by atoms with Crippen LogP contribution in [0.15, 0.2) is 60.7 Å². The molecule has 2 aromatic rings. The molecule has 0 aliphatic carbocycles. The number of ether oxygens (including phenoxy) is 2. The number of halogens is 1. The molecule has 5 heteroatoms. The van der Waals surface area contributed by atoms with Crippen molar-refractivity contribution in [3.8, 4) is 0 Å². The van der Waals surface area contributed by atoms with Crippen LogP contribution in [-0.4, -0.2) is 36.1 Å². The summed E-state index contributed by atoms with van der Waals surface area (Å²) in [5.41, 5.74) is 2.19. The van der Waals surface area contributed by atoms with E-state index in [0.717, 1.165) is 11.1 Å². The van der Waals surface area contributed by atoms with Crippen molar-refractivity contribution < 1.29 is 14.3 Å². The second-order valence-electron chi connectivity index (χ2n) is 6.17. The molecule has 2 aromatic carbocycles. The van der Waals surface area contributed by atoms with Crippen LogP contribution in [0.1, 0.15) is 11.1 Å². The average molecular weight is 360 g/mol. The van der Waals surface area contributed by atoms with Gasteiger partial charge in [0.15, 0.2) is 0 Å². The number of cyclic esters (lactones) is 1. The van der Waals surface area contributed by atoms with E-state index in [9.17, 15) is 4.79 Å². The Morgan fingerprint density at radius 3 is 2.36 bits per heavy atom. The normalized spacial score (nSPS) is 18.2. The number of hydrogen-bond acceptors (Lipinski definition) is 3. The standard InChI is InChI=1S/C20H22ClNO3/c21-11-18(14-24-13-17-9-5-2-6-10-17)19-15-25-20(23)22(19)12-16-7-3-1-4-8-16/h1-10,18-19H,11-15H2/t18-,19+/m0/s1. The minimum Gasteiger partial charge on any atom is -0.447 e. The van der Waals surface area contributed by atoms with Gasteiger partial charge < -0.3 is 9.47 Å². The van der Waals surface area contributed by atoms with E-state index in [1.54, 1.807) is 4.90 Å². The largest absolute Gasteiger partial charge is 0.447 e. The summed E-state index contributed by atoms with van der Waals surface area (Å²) in [5, 5.41) is 0. The number of nitrogens with zero attached hydrogens (tertiary/aromatic N) is 1. The van der Waals surface area contributed by atoms with Crippen LogP contribution in [0.4, 0.5) is 4.79 Å².